The van der Waals surface area contributed by atoms with Gasteiger partial charge in [0.05, 0.1) is 5.52 Å². The van der Waals surface area contributed by atoms with E-state index >= 15 is 0 Å². The van der Waals surface area contributed by atoms with Gasteiger partial charge in [0.15, 0.2) is 0 Å². The monoisotopic (exact) mass is 327 g/mol. The molecule has 0 saturated heterocycles. The van der Waals surface area contributed by atoms with Gasteiger partial charge in [0.25, 0.3) is 0 Å². The summed E-state index contributed by atoms with van der Waals surface area (Å²) in [7, 11) is 0. The molecule has 0 aliphatic carbocycles. The minimum Gasteiger partial charge on any atom is -0.457 e. The number of nitrogens with zero attached hydrogens (tertiary/aromatic N) is 2. The molecular formula is C21H17N3O. The standard InChI is InChI=1S/C21H17N3O/c1-15-6-10-17(11-7-15)25-18-12-8-16(9-13-18)24-21-19-4-2-3-5-20(19)22-14-23-21/h2-14H,1H3,(H,22,23,24). The van der Waals surface area contributed by atoms with Gasteiger partial charge >= 0.3 is 0 Å². The number of hydrogen-bond acceptors (Lipinski definition) is 4. The Morgan fingerprint density at radius 1 is 0.760 bits per heavy atom. The first kappa shape index (κ1) is 15.1. The van der Waals surface area contributed by atoms with Gasteiger partial charge < -0.3 is 10.1 Å². The third kappa shape index (κ3) is 3.43. The molecule has 0 unspecified atom stereocenters. The molecule has 25 heavy (non-hydrogen) atoms. The Balaban J connectivity index is 1.53. The second kappa shape index (κ2) is 6.61. The molecule has 1 heterocycles. The van der Waals surface area contributed by atoms with Crippen molar-refractivity contribution in [2.24, 2.45) is 0 Å². The van der Waals surface area contributed by atoms with Crippen LogP contribution in [0.15, 0.2) is 79.1 Å². The number of fused-ring (bicyclic) bond motifs is 1. The molecule has 0 radical (unpaired) electrons. The third-order valence-corrected chi connectivity index (χ3v) is 3.92. The summed E-state index contributed by atoms with van der Waals surface area (Å²) in [6, 6.07) is 23.7. The highest BCUT2D eigenvalue weighted by molar-refractivity contribution is 5.90. The fourth-order valence-electron chi connectivity index (χ4n) is 2.59. The Morgan fingerprint density at radius 3 is 2.20 bits per heavy atom. The van der Waals surface area contributed by atoms with Crippen LogP contribution in [-0.2, 0) is 0 Å². The van der Waals surface area contributed by atoms with Crippen LogP contribution in [0.25, 0.3) is 10.9 Å². The number of nitrogens with one attached hydrogen (secondary N) is 1. The molecule has 1 aromatic heterocycles. The molecule has 122 valence electrons. The molecule has 3 aromatic carbocycles. The van der Waals surface area contributed by atoms with E-state index in [1.807, 2.05) is 72.8 Å². The Hall–Kier alpha value is -3.40. The summed E-state index contributed by atoms with van der Waals surface area (Å²) in [5.41, 5.74) is 3.07. The molecular weight excluding hydrogens is 310 g/mol. The van der Waals surface area contributed by atoms with E-state index in [2.05, 4.69) is 22.2 Å². The summed E-state index contributed by atoms with van der Waals surface area (Å²) in [4.78, 5) is 8.63. The van der Waals surface area contributed by atoms with Crippen LogP contribution in [0.1, 0.15) is 5.56 Å². The van der Waals surface area contributed by atoms with Gasteiger partial charge in [-0.2, -0.15) is 0 Å². The summed E-state index contributed by atoms with van der Waals surface area (Å²) in [5.74, 6) is 2.41. The average Bonchev–Trinajstić information content (AvgIpc) is 2.65. The van der Waals surface area contributed by atoms with Crippen molar-refractivity contribution in [1.82, 2.24) is 9.97 Å². The van der Waals surface area contributed by atoms with Gasteiger partial charge in [-0.25, -0.2) is 9.97 Å². The maximum atomic E-state index is 5.86. The lowest BCUT2D eigenvalue weighted by molar-refractivity contribution is 0.482. The molecule has 4 rings (SSSR count). The van der Waals surface area contributed by atoms with Crippen molar-refractivity contribution in [3.8, 4) is 11.5 Å². The fourth-order valence-corrected chi connectivity index (χ4v) is 2.59. The van der Waals surface area contributed by atoms with Gasteiger partial charge in [0.1, 0.15) is 23.6 Å². The second-order valence-corrected chi connectivity index (χ2v) is 5.80. The number of aromatic nitrogens is 2. The molecule has 0 fully saturated rings. The average molecular weight is 327 g/mol. The number of aryl methyl sites for hydroxylation is 1. The third-order valence-electron chi connectivity index (χ3n) is 3.92. The Bertz CT molecular complexity index is 990. The number of rotatable bonds is 4. The molecule has 4 heteroatoms. The van der Waals surface area contributed by atoms with E-state index in [9.17, 15) is 0 Å². The SMILES string of the molecule is Cc1ccc(Oc2ccc(Nc3ncnc4ccccc34)cc2)cc1. The molecule has 0 aliphatic heterocycles. The molecule has 0 aliphatic rings. The van der Waals surface area contributed by atoms with Crippen molar-refractivity contribution in [3.05, 3.63) is 84.7 Å². The van der Waals surface area contributed by atoms with Gasteiger partial charge in [-0.3, -0.25) is 0 Å². The van der Waals surface area contributed by atoms with Crippen molar-refractivity contribution < 1.29 is 4.74 Å². The topological polar surface area (TPSA) is 47.0 Å². The lowest BCUT2D eigenvalue weighted by atomic mass is 10.2. The van der Waals surface area contributed by atoms with E-state index in [0.717, 1.165) is 33.9 Å². The van der Waals surface area contributed by atoms with E-state index in [1.54, 1.807) is 6.33 Å². The fraction of sp³-hybridized carbons (Fsp3) is 0.0476. The van der Waals surface area contributed by atoms with Crippen molar-refractivity contribution in [3.63, 3.8) is 0 Å². The molecule has 0 amide bonds. The van der Waals surface area contributed by atoms with Gasteiger partial charge in [-0.05, 0) is 55.5 Å². The number of benzene rings is 3. The molecule has 1 N–H and O–H groups in total. The predicted octanol–water partition coefficient (Wildman–Crippen LogP) is 5.47. The summed E-state index contributed by atoms with van der Waals surface area (Å²) < 4.78 is 5.86. The van der Waals surface area contributed by atoms with Crippen molar-refractivity contribution in [2.75, 3.05) is 5.32 Å². The quantitative estimate of drug-likeness (QED) is 0.539. The lowest BCUT2D eigenvalue weighted by Crippen LogP contribution is -1.95. The van der Waals surface area contributed by atoms with Crippen molar-refractivity contribution >= 4 is 22.4 Å². The highest BCUT2D eigenvalue weighted by Crippen LogP contribution is 2.26. The zero-order valence-corrected chi connectivity index (χ0v) is 13.8. The number of para-hydroxylation sites is 1. The van der Waals surface area contributed by atoms with Crippen LogP contribution in [-0.4, -0.2) is 9.97 Å². The van der Waals surface area contributed by atoms with E-state index < -0.39 is 0 Å². The maximum Gasteiger partial charge on any atom is 0.141 e. The highest BCUT2D eigenvalue weighted by atomic mass is 16.5. The van der Waals surface area contributed by atoms with Crippen LogP contribution in [0.4, 0.5) is 11.5 Å². The predicted molar refractivity (Wildman–Crippen MR) is 101 cm³/mol. The summed E-state index contributed by atoms with van der Waals surface area (Å²) in [6.07, 6.45) is 1.57. The largest absolute Gasteiger partial charge is 0.457 e. The van der Waals surface area contributed by atoms with Crippen LogP contribution in [0.2, 0.25) is 0 Å². The Morgan fingerprint density at radius 2 is 1.44 bits per heavy atom. The molecule has 4 aromatic rings. The molecule has 0 atom stereocenters. The molecule has 0 saturated carbocycles. The van der Waals surface area contributed by atoms with Gasteiger partial charge in [0.2, 0.25) is 0 Å². The Kier molecular flexibility index (Phi) is 4.01. The zero-order valence-electron chi connectivity index (χ0n) is 13.8. The maximum absolute atomic E-state index is 5.86. The molecule has 0 bridgehead atoms. The number of hydrogen-bond donors (Lipinski definition) is 1. The summed E-state index contributed by atoms with van der Waals surface area (Å²) >= 11 is 0. The van der Waals surface area contributed by atoms with Crippen LogP contribution in [0, 0.1) is 6.92 Å². The van der Waals surface area contributed by atoms with Gasteiger partial charge in [-0.1, -0.05) is 29.8 Å². The molecule has 0 spiro atoms. The first-order valence-corrected chi connectivity index (χ1v) is 8.09. The minimum absolute atomic E-state index is 0.790. The molecule has 4 nitrogen and oxygen atoms in total. The minimum atomic E-state index is 0.790. The summed E-state index contributed by atoms with van der Waals surface area (Å²) in [5, 5.41) is 4.33. The lowest BCUT2D eigenvalue weighted by Gasteiger charge is -2.10. The zero-order chi connectivity index (χ0) is 17.1. The smallest absolute Gasteiger partial charge is 0.141 e. The second-order valence-electron chi connectivity index (χ2n) is 5.80. The van der Waals surface area contributed by atoms with Crippen LogP contribution >= 0.6 is 0 Å². The van der Waals surface area contributed by atoms with Crippen molar-refractivity contribution in [2.45, 2.75) is 6.92 Å². The van der Waals surface area contributed by atoms with Crippen molar-refractivity contribution in [1.29, 1.82) is 0 Å². The van der Waals surface area contributed by atoms with E-state index in [1.165, 1.54) is 5.56 Å². The number of ether oxygens (including phenoxy) is 1. The van der Waals surface area contributed by atoms with Crippen LogP contribution < -0.4 is 10.1 Å². The first-order chi connectivity index (χ1) is 12.3. The van der Waals surface area contributed by atoms with Crippen LogP contribution in [0.5, 0.6) is 11.5 Å². The Labute approximate surface area is 146 Å². The van der Waals surface area contributed by atoms with Gasteiger partial charge in [0, 0.05) is 11.1 Å². The van der Waals surface area contributed by atoms with Gasteiger partial charge in [-0.15, -0.1) is 0 Å². The van der Waals surface area contributed by atoms with E-state index in [4.69, 9.17) is 4.74 Å². The van der Waals surface area contributed by atoms with E-state index in [0.29, 0.717) is 0 Å². The summed E-state index contributed by atoms with van der Waals surface area (Å²) in [6.45, 7) is 2.06. The first-order valence-electron chi connectivity index (χ1n) is 8.09. The highest BCUT2D eigenvalue weighted by Gasteiger charge is 2.04. The van der Waals surface area contributed by atoms with Crippen LogP contribution in [0.3, 0.4) is 0 Å². The number of anilines is 2. The van der Waals surface area contributed by atoms with E-state index in [-0.39, 0.29) is 0 Å². The normalized spacial score (nSPS) is 10.6.